The Labute approximate surface area is 147 Å². The lowest BCUT2D eigenvalue weighted by molar-refractivity contribution is -0.120. The van der Waals surface area contributed by atoms with Crippen LogP contribution in [0.15, 0.2) is 24.3 Å². The summed E-state index contributed by atoms with van der Waals surface area (Å²) in [4.78, 5) is 34.8. The van der Waals surface area contributed by atoms with Gasteiger partial charge >= 0.3 is 12.1 Å². The number of ether oxygens (including phenoxy) is 2. The number of nitrogens with two attached hydrogens (primary N) is 1. The molecule has 0 saturated carbocycles. The fourth-order valence-electron chi connectivity index (χ4n) is 2.22. The van der Waals surface area contributed by atoms with Gasteiger partial charge in [-0.2, -0.15) is 0 Å². The highest BCUT2D eigenvalue weighted by Crippen LogP contribution is 2.12. The van der Waals surface area contributed by atoms with E-state index in [4.69, 9.17) is 10.5 Å². The molecule has 1 aromatic rings. The molecule has 2 amide bonds. The molecule has 3 N–H and O–H groups in total. The van der Waals surface area contributed by atoms with Crippen molar-refractivity contribution in [2.75, 3.05) is 7.11 Å². The van der Waals surface area contributed by atoms with E-state index < -0.39 is 29.6 Å². The number of aryl methyl sites for hydroxylation is 1. The maximum atomic E-state index is 11.8. The molecule has 1 aromatic carbocycles. The number of hydrogen-bond donors (Lipinski definition) is 2. The zero-order valence-corrected chi connectivity index (χ0v) is 15.1. The number of hydrogen-bond acceptors (Lipinski definition) is 5. The standard InChI is InChI=1S/C18H26N2O5/c1-18(2,3)25-17(23)20-14(15(19)21)10-6-8-12-7-5-9-13(11-12)16(22)24-4/h5,7,9,11,14H,6,8,10H2,1-4H3,(H2,19,21)(H,20,23)/t14-/m0/s1. The van der Waals surface area contributed by atoms with Crippen LogP contribution in [0.2, 0.25) is 0 Å². The summed E-state index contributed by atoms with van der Waals surface area (Å²) in [7, 11) is 1.33. The van der Waals surface area contributed by atoms with Gasteiger partial charge in [-0.1, -0.05) is 12.1 Å². The van der Waals surface area contributed by atoms with Crippen molar-refractivity contribution in [3.8, 4) is 0 Å². The molecule has 0 aliphatic heterocycles. The number of rotatable bonds is 7. The molecule has 7 nitrogen and oxygen atoms in total. The quantitative estimate of drug-likeness (QED) is 0.733. The van der Waals surface area contributed by atoms with E-state index in [-0.39, 0.29) is 0 Å². The monoisotopic (exact) mass is 350 g/mol. The van der Waals surface area contributed by atoms with Gasteiger partial charge in [0.25, 0.3) is 0 Å². The summed E-state index contributed by atoms with van der Waals surface area (Å²) in [5, 5.41) is 2.49. The smallest absolute Gasteiger partial charge is 0.408 e. The van der Waals surface area contributed by atoms with E-state index in [0.717, 1.165) is 5.56 Å². The van der Waals surface area contributed by atoms with E-state index in [0.29, 0.717) is 24.8 Å². The minimum absolute atomic E-state index is 0.372. The van der Waals surface area contributed by atoms with Gasteiger partial charge in [-0.3, -0.25) is 4.79 Å². The van der Waals surface area contributed by atoms with Crippen molar-refractivity contribution in [3.63, 3.8) is 0 Å². The Morgan fingerprint density at radius 1 is 1.24 bits per heavy atom. The summed E-state index contributed by atoms with van der Waals surface area (Å²) in [6.07, 6.45) is 0.930. The Balaban J connectivity index is 2.57. The number of esters is 1. The number of primary amides is 1. The number of carbonyl (C=O) groups excluding carboxylic acids is 3. The zero-order valence-electron chi connectivity index (χ0n) is 15.1. The average molecular weight is 350 g/mol. The van der Waals surface area contributed by atoms with Crippen molar-refractivity contribution >= 4 is 18.0 Å². The van der Waals surface area contributed by atoms with Crippen LogP contribution in [0.3, 0.4) is 0 Å². The topological polar surface area (TPSA) is 108 Å². The second-order valence-electron chi connectivity index (χ2n) is 6.69. The van der Waals surface area contributed by atoms with Gasteiger partial charge in [-0.25, -0.2) is 9.59 Å². The van der Waals surface area contributed by atoms with Crippen molar-refractivity contribution in [3.05, 3.63) is 35.4 Å². The van der Waals surface area contributed by atoms with Crippen LogP contribution in [0.5, 0.6) is 0 Å². The third-order valence-electron chi connectivity index (χ3n) is 3.34. The molecule has 138 valence electrons. The first-order valence-electron chi connectivity index (χ1n) is 8.08. The van der Waals surface area contributed by atoms with Crippen LogP contribution in [0.25, 0.3) is 0 Å². The highest BCUT2D eigenvalue weighted by Gasteiger charge is 2.22. The van der Waals surface area contributed by atoms with E-state index in [9.17, 15) is 14.4 Å². The van der Waals surface area contributed by atoms with E-state index in [2.05, 4.69) is 10.1 Å². The summed E-state index contributed by atoms with van der Waals surface area (Å²) in [6, 6.07) is 6.26. The van der Waals surface area contributed by atoms with Crippen molar-refractivity contribution in [2.45, 2.75) is 51.7 Å². The molecule has 0 bridgehead atoms. The first kappa shape index (κ1) is 20.5. The fraction of sp³-hybridized carbons (Fsp3) is 0.500. The third kappa shape index (κ3) is 7.69. The zero-order chi connectivity index (χ0) is 19.0. The van der Waals surface area contributed by atoms with Gasteiger partial charge in [0, 0.05) is 0 Å². The number of carbonyl (C=O) groups is 3. The number of alkyl carbamates (subject to hydrolysis) is 1. The number of benzene rings is 1. The summed E-state index contributed by atoms with van der Waals surface area (Å²) in [5.74, 6) is -1.02. The largest absolute Gasteiger partial charge is 0.465 e. The van der Waals surface area contributed by atoms with E-state index in [1.165, 1.54) is 7.11 Å². The van der Waals surface area contributed by atoms with Gasteiger partial charge in [0.15, 0.2) is 0 Å². The SMILES string of the molecule is COC(=O)c1cccc(CCC[C@H](NC(=O)OC(C)(C)C)C(N)=O)c1. The average Bonchev–Trinajstić information content (AvgIpc) is 2.51. The van der Waals surface area contributed by atoms with Crippen LogP contribution in [0, 0.1) is 0 Å². The molecule has 25 heavy (non-hydrogen) atoms. The molecule has 0 saturated heterocycles. The molecular weight excluding hydrogens is 324 g/mol. The lowest BCUT2D eigenvalue weighted by Crippen LogP contribution is -2.46. The minimum atomic E-state index is -0.807. The molecule has 0 aromatic heterocycles. The predicted octanol–water partition coefficient (Wildman–Crippen LogP) is 2.17. The molecule has 0 spiro atoms. The van der Waals surface area contributed by atoms with Crippen LogP contribution < -0.4 is 11.1 Å². The molecule has 0 radical (unpaired) electrons. The normalized spacial score (nSPS) is 12.2. The summed E-state index contributed by atoms with van der Waals surface area (Å²) in [5.41, 5.74) is 6.09. The second-order valence-corrected chi connectivity index (χ2v) is 6.69. The number of amides is 2. The summed E-state index contributed by atoms with van der Waals surface area (Å²) in [6.45, 7) is 5.21. The van der Waals surface area contributed by atoms with Gasteiger partial charge in [-0.15, -0.1) is 0 Å². The first-order valence-corrected chi connectivity index (χ1v) is 8.08. The molecule has 0 fully saturated rings. The molecule has 0 aliphatic rings. The lowest BCUT2D eigenvalue weighted by atomic mass is 10.0. The van der Waals surface area contributed by atoms with Crippen LogP contribution in [-0.2, 0) is 20.7 Å². The molecule has 7 heteroatoms. The third-order valence-corrected chi connectivity index (χ3v) is 3.34. The molecule has 0 heterocycles. The molecular formula is C18H26N2O5. The van der Waals surface area contributed by atoms with E-state index >= 15 is 0 Å². The van der Waals surface area contributed by atoms with Crippen LogP contribution >= 0.6 is 0 Å². The Bertz CT molecular complexity index is 622. The molecule has 1 rings (SSSR count). The van der Waals surface area contributed by atoms with Crippen molar-refractivity contribution in [1.29, 1.82) is 0 Å². The number of nitrogens with one attached hydrogen (secondary N) is 1. The van der Waals surface area contributed by atoms with Gasteiger partial charge in [0.05, 0.1) is 12.7 Å². The van der Waals surface area contributed by atoms with E-state index in [1.54, 1.807) is 39.0 Å². The maximum Gasteiger partial charge on any atom is 0.408 e. The van der Waals surface area contributed by atoms with Crippen molar-refractivity contribution in [2.24, 2.45) is 5.73 Å². The van der Waals surface area contributed by atoms with Gasteiger partial charge < -0.3 is 20.5 Å². The van der Waals surface area contributed by atoms with Crippen LogP contribution in [-0.4, -0.2) is 36.7 Å². The highest BCUT2D eigenvalue weighted by molar-refractivity contribution is 5.89. The molecule has 0 aliphatic carbocycles. The minimum Gasteiger partial charge on any atom is -0.465 e. The lowest BCUT2D eigenvalue weighted by Gasteiger charge is -2.22. The van der Waals surface area contributed by atoms with Crippen molar-refractivity contribution < 1.29 is 23.9 Å². The second kappa shape index (κ2) is 9.05. The van der Waals surface area contributed by atoms with Crippen LogP contribution in [0.4, 0.5) is 4.79 Å². The Hall–Kier alpha value is -2.57. The maximum absolute atomic E-state index is 11.8. The first-order chi connectivity index (χ1) is 11.6. The predicted molar refractivity (Wildman–Crippen MR) is 93.1 cm³/mol. The Morgan fingerprint density at radius 3 is 2.48 bits per heavy atom. The Kier molecular flexibility index (Phi) is 7.42. The van der Waals surface area contributed by atoms with Crippen LogP contribution in [0.1, 0.15) is 49.5 Å². The summed E-state index contributed by atoms with van der Waals surface area (Å²) >= 11 is 0. The van der Waals surface area contributed by atoms with E-state index in [1.807, 2.05) is 6.07 Å². The molecule has 1 atom stereocenters. The fourth-order valence-corrected chi connectivity index (χ4v) is 2.22. The molecule has 0 unspecified atom stereocenters. The van der Waals surface area contributed by atoms with Crippen molar-refractivity contribution in [1.82, 2.24) is 5.32 Å². The number of methoxy groups -OCH3 is 1. The van der Waals surface area contributed by atoms with Gasteiger partial charge in [0.2, 0.25) is 5.91 Å². The highest BCUT2D eigenvalue weighted by atomic mass is 16.6. The van der Waals surface area contributed by atoms with Gasteiger partial charge in [-0.05, 0) is 57.7 Å². The van der Waals surface area contributed by atoms with Gasteiger partial charge in [0.1, 0.15) is 11.6 Å². The summed E-state index contributed by atoms with van der Waals surface area (Å²) < 4.78 is 9.82. The Morgan fingerprint density at radius 2 is 1.92 bits per heavy atom.